The fourth-order valence-electron chi connectivity index (χ4n) is 2.61. The summed E-state index contributed by atoms with van der Waals surface area (Å²) in [5.41, 5.74) is 1.10. The van der Waals surface area contributed by atoms with Gasteiger partial charge in [0.15, 0.2) is 17.5 Å². The van der Waals surface area contributed by atoms with E-state index in [4.69, 9.17) is 21.1 Å². The molecule has 8 heteroatoms. The summed E-state index contributed by atoms with van der Waals surface area (Å²) >= 11 is 8.07. The number of nitrogens with zero attached hydrogens (tertiary/aromatic N) is 1. The van der Waals surface area contributed by atoms with E-state index in [-0.39, 0.29) is 24.0 Å². The second-order valence-corrected chi connectivity index (χ2v) is 7.50. The number of fused-ring (bicyclic) bond motifs is 1. The number of aryl methyl sites for hydroxylation is 1. The lowest BCUT2D eigenvalue weighted by atomic mass is 10.1. The van der Waals surface area contributed by atoms with E-state index in [0.717, 1.165) is 36.8 Å². The van der Waals surface area contributed by atoms with Crippen LogP contribution in [0.5, 0.6) is 11.5 Å². The van der Waals surface area contributed by atoms with E-state index in [1.54, 1.807) is 18.4 Å². The van der Waals surface area contributed by atoms with Crippen LogP contribution in [-0.2, 0) is 13.0 Å². The van der Waals surface area contributed by atoms with E-state index in [2.05, 4.69) is 34.7 Å². The molecule has 5 nitrogen and oxygen atoms in total. The Labute approximate surface area is 180 Å². The van der Waals surface area contributed by atoms with E-state index in [1.165, 1.54) is 9.75 Å². The standard InChI is InChI=1S/C18H22ClN3O2S.HI/c1-12-3-4-14(25-12)11-22-18(20-2)21-6-5-13-9-15(19)17-16(10-13)23-7-8-24-17;/h3-4,9-10H,5-8,11H2,1-2H3,(H2,20,21,22);1H. The van der Waals surface area contributed by atoms with Crippen LogP contribution in [0.3, 0.4) is 0 Å². The van der Waals surface area contributed by atoms with Crippen molar-refractivity contribution >= 4 is 52.9 Å². The van der Waals surface area contributed by atoms with Gasteiger partial charge in [0, 0.05) is 23.3 Å². The number of ether oxygens (including phenoxy) is 2. The third-order valence-electron chi connectivity index (χ3n) is 3.81. The lowest BCUT2D eigenvalue weighted by molar-refractivity contribution is 0.171. The molecule has 2 N–H and O–H groups in total. The zero-order valence-corrected chi connectivity index (χ0v) is 18.7. The second-order valence-electron chi connectivity index (χ2n) is 5.72. The Morgan fingerprint density at radius 3 is 2.77 bits per heavy atom. The SMILES string of the molecule is CN=C(NCCc1cc(Cl)c2c(c1)OCCO2)NCc1ccc(C)s1.I. The molecule has 0 spiro atoms. The molecule has 0 amide bonds. The predicted molar refractivity (Wildman–Crippen MR) is 119 cm³/mol. The molecule has 3 rings (SSSR count). The van der Waals surface area contributed by atoms with Crippen molar-refractivity contribution in [1.82, 2.24) is 10.6 Å². The van der Waals surface area contributed by atoms with Gasteiger partial charge in [-0.15, -0.1) is 35.3 Å². The summed E-state index contributed by atoms with van der Waals surface area (Å²) in [4.78, 5) is 6.86. The summed E-state index contributed by atoms with van der Waals surface area (Å²) in [7, 11) is 1.77. The first-order valence-corrected chi connectivity index (χ1v) is 9.43. The first kappa shape index (κ1) is 21.1. The maximum atomic E-state index is 6.28. The normalized spacial score (nSPS) is 13.1. The van der Waals surface area contributed by atoms with Crippen molar-refractivity contribution in [3.05, 3.63) is 44.6 Å². The van der Waals surface area contributed by atoms with Crippen LogP contribution in [0.15, 0.2) is 29.3 Å². The van der Waals surface area contributed by atoms with Crippen molar-refractivity contribution in [2.24, 2.45) is 4.99 Å². The number of hydrogen-bond acceptors (Lipinski definition) is 4. The Morgan fingerprint density at radius 2 is 2.04 bits per heavy atom. The number of aliphatic imine (C=N–C) groups is 1. The molecule has 142 valence electrons. The van der Waals surface area contributed by atoms with Crippen LogP contribution in [0.2, 0.25) is 5.02 Å². The third-order valence-corrected chi connectivity index (χ3v) is 5.09. The minimum Gasteiger partial charge on any atom is -0.486 e. The van der Waals surface area contributed by atoms with Gasteiger partial charge in [-0.25, -0.2) is 0 Å². The van der Waals surface area contributed by atoms with Crippen molar-refractivity contribution in [3.8, 4) is 11.5 Å². The van der Waals surface area contributed by atoms with Gasteiger partial charge < -0.3 is 20.1 Å². The lowest BCUT2D eigenvalue weighted by Gasteiger charge is -2.20. The number of hydrogen-bond donors (Lipinski definition) is 2. The van der Waals surface area contributed by atoms with Crippen molar-refractivity contribution < 1.29 is 9.47 Å². The minimum atomic E-state index is 0. The molecule has 1 aromatic heterocycles. The average Bonchev–Trinajstić information content (AvgIpc) is 3.03. The smallest absolute Gasteiger partial charge is 0.191 e. The molecule has 0 unspecified atom stereocenters. The Hall–Kier alpha value is -1.19. The second kappa shape index (κ2) is 10.2. The fraction of sp³-hybridized carbons (Fsp3) is 0.389. The summed E-state index contributed by atoms with van der Waals surface area (Å²) in [6, 6.07) is 8.19. The van der Waals surface area contributed by atoms with Gasteiger partial charge in [0.2, 0.25) is 0 Å². The van der Waals surface area contributed by atoms with Gasteiger partial charge in [0.25, 0.3) is 0 Å². The van der Waals surface area contributed by atoms with Crippen LogP contribution in [0.4, 0.5) is 0 Å². The largest absolute Gasteiger partial charge is 0.486 e. The van der Waals surface area contributed by atoms with Crippen molar-refractivity contribution in [1.29, 1.82) is 0 Å². The van der Waals surface area contributed by atoms with Crippen LogP contribution in [-0.4, -0.2) is 32.8 Å². The zero-order chi connectivity index (χ0) is 17.6. The van der Waals surface area contributed by atoms with Crippen LogP contribution >= 0.6 is 46.9 Å². The van der Waals surface area contributed by atoms with E-state index in [0.29, 0.717) is 24.0 Å². The zero-order valence-electron chi connectivity index (χ0n) is 14.8. The minimum absolute atomic E-state index is 0. The van der Waals surface area contributed by atoms with Crippen LogP contribution in [0, 0.1) is 6.92 Å². The predicted octanol–water partition coefficient (Wildman–Crippen LogP) is 4.01. The quantitative estimate of drug-likeness (QED) is 0.365. The third kappa shape index (κ3) is 5.65. The molecule has 26 heavy (non-hydrogen) atoms. The van der Waals surface area contributed by atoms with Gasteiger partial charge in [-0.2, -0.15) is 0 Å². The highest BCUT2D eigenvalue weighted by atomic mass is 127. The number of rotatable bonds is 5. The molecule has 2 aromatic rings. The highest BCUT2D eigenvalue weighted by molar-refractivity contribution is 14.0. The highest BCUT2D eigenvalue weighted by Crippen LogP contribution is 2.38. The monoisotopic (exact) mass is 507 g/mol. The van der Waals surface area contributed by atoms with Crippen molar-refractivity contribution in [2.75, 3.05) is 26.8 Å². The summed E-state index contributed by atoms with van der Waals surface area (Å²) in [6.45, 7) is 4.73. The molecule has 0 saturated heterocycles. The summed E-state index contributed by atoms with van der Waals surface area (Å²) in [6.07, 6.45) is 0.815. The molecule has 0 atom stereocenters. The summed E-state index contributed by atoms with van der Waals surface area (Å²) in [5.74, 6) is 2.16. The van der Waals surface area contributed by atoms with E-state index in [9.17, 15) is 0 Å². The summed E-state index contributed by atoms with van der Waals surface area (Å²) < 4.78 is 11.2. The summed E-state index contributed by atoms with van der Waals surface area (Å²) in [5, 5.41) is 7.25. The number of thiophene rings is 1. The van der Waals surface area contributed by atoms with Crippen molar-refractivity contribution in [2.45, 2.75) is 19.9 Å². The molecule has 0 bridgehead atoms. The average molecular weight is 508 g/mol. The molecular weight excluding hydrogens is 485 g/mol. The number of nitrogens with one attached hydrogen (secondary N) is 2. The first-order chi connectivity index (χ1) is 12.2. The van der Waals surface area contributed by atoms with E-state index in [1.807, 2.05) is 12.1 Å². The van der Waals surface area contributed by atoms with Crippen LogP contribution in [0.1, 0.15) is 15.3 Å². The molecule has 1 aromatic carbocycles. The molecule has 0 radical (unpaired) electrons. The maximum absolute atomic E-state index is 6.28. The number of guanidine groups is 1. The van der Waals surface area contributed by atoms with Gasteiger partial charge in [0.05, 0.1) is 11.6 Å². The molecule has 0 fully saturated rings. The van der Waals surface area contributed by atoms with Gasteiger partial charge in [0.1, 0.15) is 13.2 Å². The highest BCUT2D eigenvalue weighted by Gasteiger charge is 2.16. The van der Waals surface area contributed by atoms with Crippen LogP contribution in [0.25, 0.3) is 0 Å². The van der Waals surface area contributed by atoms with Gasteiger partial charge in [-0.05, 0) is 43.2 Å². The maximum Gasteiger partial charge on any atom is 0.191 e. The molecule has 1 aliphatic heterocycles. The lowest BCUT2D eigenvalue weighted by Crippen LogP contribution is -2.37. The molecule has 0 aliphatic carbocycles. The van der Waals surface area contributed by atoms with Gasteiger partial charge in [-0.1, -0.05) is 11.6 Å². The number of halogens is 2. The Bertz CT molecular complexity index is 767. The number of benzene rings is 1. The Kier molecular flexibility index (Phi) is 8.30. The first-order valence-electron chi connectivity index (χ1n) is 8.23. The Balaban J connectivity index is 0.00000243. The van der Waals surface area contributed by atoms with E-state index >= 15 is 0 Å². The fourth-order valence-corrected chi connectivity index (χ4v) is 3.72. The van der Waals surface area contributed by atoms with Crippen molar-refractivity contribution in [3.63, 3.8) is 0 Å². The molecular formula is C18H23ClIN3O2S. The molecule has 0 saturated carbocycles. The van der Waals surface area contributed by atoms with Crippen LogP contribution < -0.4 is 20.1 Å². The topological polar surface area (TPSA) is 54.9 Å². The van der Waals surface area contributed by atoms with E-state index < -0.39 is 0 Å². The Morgan fingerprint density at radius 1 is 1.23 bits per heavy atom. The molecule has 1 aliphatic rings. The van der Waals surface area contributed by atoms with Gasteiger partial charge >= 0.3 is 0 Å². The van der Waals surface area contributed by atoms with Gasteiger partial charge in [-0.3, -0.25) is 4.99 Å². The molecule has 2 heterocycles.